The van der Waals surface area contributed by atoms with E-state index in [2.05, 4.69) is 0 Å². The number of ether oxygens (including phenoxy) is 2. The summed E-state index contributed by atoms with van der Waals surface area (Å²) in [5, 5.41) is 12.0. The van der Waals surface area contributed by atoms with E-state index in [1.807, 2.05) is 6.92 Å². The maximum atomic E-state index is 12.7. The lowest BCUT2D eigenvalue weighted by molar-refractivity contribution is -0.214. The summed E-state index contributed by atoms with van der Waals surface area (Å²) >= 11 is 0. The molecule has 2 saturated carbocycles. The molecule has 0 aromatic heterocycles. The van der Waals surface area contributed by atoms with Gasteiger partial charge in [-0.05, 0) is 54.4 Å². The molecule has 28 heavy (non-hydrogen) atoms. The predicted octanol–water partition coefficient (Wildman–Crippen LogP) is 2.68. The van der Waals surface area contributed by atoms with Crippen LogP contribution >= 0.6 is 0 Å². The Hall–Kier alpha value is -2.21. The Kier molecular flexibility index (Phi) is 4.38. The monoisotopic (exact) mass is 386 g/mol. The molecular formula is C22H26O6. The molecule has 4 rings (SSSR count). The molecular weight excluding hydrogens is 360 g/mol. The maximum absolute atomic E-state index is 12.7. The van der Waals surface area contributed by atoms with Gasteiger partial charge in [-0.25, -0.2) is 0 Å². The Morgan fingerprint density at radius 1 is 1.11 bits per heavy atom. The van der Waals surface area contributed by atoms with Gasteiger partial charge < -0.3 is 14.6 Å². The van der Waals surface area contributed by atoms with E-state index in [9.17, 15) is 19.5 Å². The van der Waals surface area contributed by atoms with Gasteiger partial charge in [0.15, 0.2) is 0 Å². The summed E-state index contributed by atoms with van der Waals surface area (Å²) in [6, 6.07) is 5.22. The summed E-state index contributed by atoms with van der Waals surface area (Å²) in [5.74, 6) is -0.315. The van der Waals surface area contributed by atoms with Crippen molar-refractivity contribution in [1.29, 1.82) is 0 Å². The first-order valence-electron chi connectivity index (χ1n) is 9.91. The van der Waals surface area contributed by atoms with Gasteiger partial charge in [-0.3, -0.25) is 14.4 Å². The zero-order valence-corrected chi connectivity index (χ0v) is 16.5. The highest BCUT2D eigenvalue weighted by Gasteiger charge is 2.65. The number of carbonyl (C=O) groups excluding carboxylic acids is 3. The Balaban J connectivity index is 1.81. The highest BCUT2D eigenvalue weighted by atomic mass is 16.6. The fourth-order valence-electron chi connectivity index (χ4n) is 5.93. The van der Waals surface area contributed by atoms with Crippen molar-refractivity contribution < 1.29 is 29.0 Å². The summed E-state index contributed by atoms with van der Waals surface area (Å²) in [6.07, 6.45) is 2.23. The van der Waals surface area contributed by atoms with Crippen LogP contribution in [-0.2, 0) is 31.1 Å². The summed E-state index contributed by atoms with van der Waals surface area (Å²) < 4.78 is 10.8. The number of hydrogen-bond donors (Lipinski definition) is 1. The van der Waals surface area contributed by atoms with E-state index in [-0.39, 0.29) is 17.6 Å². The third-order valence-electron chi connectivity index (χ3n) is 7.09. The Morgan fingerprint density at radius 2 is 1.82 bits per heavy atom. The van der Waals surface area contributed by atoms with E-state index in [0.717, 1.165) is 12.0 Å². The second-order valence-electron chi connectivity index (χ2n) is 8.67. The van der Waals surface area contributed by atoms with E-state index in [1.54, 1.807) is 18.2 Å². The minimum atomic E-state index is -1.34. The average Bonchev–Trinajstić information content (AvgIpc) is 2.89. The van der Waals surface area contributed by atoms with Gasteiger partial charge in [0.25, 0.3) is 0 Å². The number of aliphatic hydroxyl groups is 1. The number of Topliss-reactive ketones (excluding diaryl/α,β-unsaturated/α-hetero) is 1. The van der Waals surface area contributed by atoms with Crippen LogP contribution in [0.15, 0.2) is 18.2 Å². The molecule has 2 fully saturated rings. The number of aryl methyl sites for hydroxylation is 1. The number of benzene rings is 1. The second-order valence-corrected chi connectivity index (χ2v) is 8.67. The largest absolute Gasteiger partial charge is 0.459 e. The van der Waals surface area contributed by atoms with E-state index >= 15 is 0 Å². The minimum Gasteiger partial charge on any atom is -0.459 e. The normalized spacial score (nSPS) is 36.1. The van der Waals surface area contributed by atoms with E-state index in [4.69, 9.17) is 9.47 Å². The first-order chi connectivity index (χ1) is 13.2. The molecule has 5 atom stereocenters. The number of ketones is 1. The number of hydrogen-bond acceptors (Lipinski definition) is 6. The van der Waals surface area contributed by atoms with E-state index in [0.29, 0.717) is 37.0 Å². The van der Waals surface area contributed by atoms with Crippen LogP contribution in [0.5, 0.6) is 5.75 Å². The van der Waals surface area contributed by atoms with Crippen LogP contribution in [0.4, 0.5) is 0 Å². The highest BCUT2D eigenvalue weighted by Crippen LogP contribution is 2.62. The van der Waals surface area contributed by atoms with Crippen LogP contribution in [-0.4, -0.2) is 28.9 Å². The first-order valence-corrected chi connectivity index (χ1v) is 9.91. The van der Waals surface area contributed by atoms with Crippen molar-refractivity contribution in [2.45, 2.75) is 64.6 Å². The van der Waals surface area contributed by atoms with E-state index < -0.39 is 29.1 Å². The van der Waals surface area contributed by atoms with Gasteiger partial charge in [-0.15, -0.1) is 0 Å². The summed E-state index contributed by atoms with van der Waals surface area (Å²) in [6.45, 7) is 4.64. The molecule has 0 radical (unpaired) electrons. The molecule has 1 aromatic carbocycles. The molecule has 0 bridgehead atoms. The summed E-state index contributed by atoms with van der Waals surface area (Å²) in [4.78, 5) is 35.8. The minimum absolute atomic E-state index is 0.0677. The first kappa shape index (κ1) is 19.1. The van der Waals surface area contributed by atoms with Crippen LogP contribution in [0.25, 0.3) is 0 Å². The van der Waals surface area contributed by atoms with Crippen molar-refractivity contribution in [3.05, 3.63) is 29.3 Å². The summed E-state index contributed by atoms with van der Waals surface area (Å²) in [7, 11) is 0. The number of rotatable bonds is 2. The number of carbonyl (C=O) groups is 3. The van der Waals surface area contributed by atoms with Crippen molar-refractivity contribution >= 4 is 17.7 Å². The molecule has 3 aliphatic carbocycles. The molecule has 1 N–H and O–H groups in total. The lowest BCUT2D eigenvalue weighted by atomic mass is 9.52. The van der Waals surface area contributed by atoms with Gasteiger partial charge in [-0.2, -0.15) is 0 Å². The van der Waals surface area contributed by atoms with Crippen LogP contribution in [0.2, 0.25) is 0 Å². The third kappa shape index (κ3) is 2.69. The van der Waals surface area contributed by atoms with Crippen LogP contribution < -0.4 is 4.74 Å². The highest BCUT2D eigenvalue weighted by molar-refractivity contribution is 5.87. The van der Waals surface area contributed by atoms with E-state index in [1.165, 1.54) is 13.8 Å². The molecule has 6 nitrogen and oxygen atoms in total. The molecule has 0 heterocycles. The molecule has 6 heteroatoms. The Morgan fingerprint density at radius 3 is 2.50 bits per heavy atom. The van der Waals surface area contributed by atoms with Crippen molar-refractivity contribution in [2.75, 3.05) is 0 Å². The second kappa shape index (κ2) is 6.41. The van der Waals surface area contributed by atoms with Gasteiger partial charge in [0.05, 0.1) is 0 Å². The van der Waals surface area contributed by atoms with Gasteiger partial charge >= 0.3 is 11.9 Å². The van der Waals surface area contributed by atoms with Gasteiger partial charge in [0.2, 0.25) is 0 Å². The quantitative estimate of drug-likeness (QED) is 0.621. The molecule has 0 unspecified atom stereocenters. The fraction of sp³-hybridized carbons (Fsp3) is 0.591. The molecule has 0 saturated heterocycles. The average molecular weight is 386 g/mol. The summed E-state index contributed by atoms with van der Waals surface area (Å²) in [5.41, 5.74) is -0.301. The molecule has 0 spiro atoms. The Bertz CT molecular complexity index is 861. The molecule has 0 aliphatic heterocycles. The lowest BCUT2D eigenvalue weighted by Gasteiger charge is -2.56. The zero-order valence-electron chi connectivity index (χ0n) is 16.5. The smallest absolute Gasteiger partial charge is 0.308 e. The molecule has 150 valence electrons. The zero-order chi connectivity index (χ0) is 20.3. The number of fused-ring (bicyclic) bond motifs is 5. The molecule has 0 amide bonds. The fourth-order valence-corrected chi connectivity index (χ4v) is 5.93. The van der Waals surface area contributed by atoms with Crippen LogP contribution in [0, 0.1) is 17.3 Å². The predicted molar refractivity (Wildman–Crippen MR) is 99.5 cm³/mol. The molecule has 1 aromatic rings. The third-order valence-corrected chi connectivity index (χ3v) is 7.09. The van der Waals surface area contributed by atoms with Crippen molar-refractivity contribution in [2.24, 2.45) is 17.3 Å². The van der Waals surface area contributed by atoms with Crippen molar-refractivity contribution in [3.8, 4) is 5.75 Å². The Labute approximate surface area is 164 Å². The van der Waals surface area contributed by atoms with Crippen LogP contribution in [0.1, 0.15) is 57.6 Å². The maximum Gasteiger partial charge on any atom is 0.308 e. The van der Waals surface area contributed by atoms with Gasteiger partial charge in [0, 0.05) is 32.1 Å². The lowest BCUT2D eigenvalue weighted by Crippen LogP contribution is -2.60. The van der Waals surface area contributed by atoms with Gasteiger partial charge in [-0.1, -0.05) is 13.0 Å². The topological polar surface area (TPSA) is 89.9 Å². The van der Waals surface area contributed by atoms with Gasteiger partial charge in [0.1, 0.15) is 23.2 Å². The number of esters is 2. The standard InChI is InChI=1S/C22H26O6/c1-12(23)27-15-5-7-16-14(10-15)4-6-18-17-8-9-19(25)21(17,3)11-20(22(16,18)26)28-13(2)24/h5,7,10,17-18,20,26H,4,6,8-9,11H2,1-3H3/t17-,18+,20-,21-,22+/m1/s1. The SMILES string of the molecule is CC(=O)Oc1ccc2c(c1)CC[C@H]1[C@H]3CCC(=O)[C@]3(C)C[C@@H](OC(C)=O)[C@]21O. The van der Waals surface area contributed by atoms with Crippen molar-refractivity contribution in [3.63, 3.8) is 0 Å². The molecule has 3 aliphatic rings. The van der Waals surface area contributed by atoms with Crippen molar-refractivity contribution in [1.82, 2.24) is 0 Å². The van der Waals surface area contributed by atoms with Crippen LogP contribution in [0.3, 0.4) is 0 Å².